The number of imidazole rings is 1. The van der Waals surface area contributed by atoms with Gasteiger partial charge in [-0.15, -0.1) is 0 Å². The van der Waals surface area contributed by atoms with Gasteiger partial charge in [0.15, 0.2) is 5.78 Å². The molecule has 0 unspecified atom stereocenters. The summed E-state index contributed by atoms with van der Waals surface area (Å²) >= 11 is 0. The molecule has 156 valence electrons. The number of allylic oxidation sites excluding steroid dienone is 1. The molecule has 4 heteroatoms. The van der Waals surface area contributed by atoms with E-state index in [1.54, 1.807) is 0 Å². The van der Waals surface area contributed by atoms with Crippen molar-refractivity contribution in [2.45, 2.75) is 13.8 Å². The number of aromatic nitrogens is 3. The minimum atomic E-state index is -0.0610. The third-order valence-corrected chi connectivity index (χ3v) is 5.71. The Labute approximate surface area is 186 Å². The zero-order valence-electron chi connectivity index (χ0n) is 18.0. The first-order valence-corrected chi connectivity index (χ1v) is 10.6. The van der Waals surface area contributed by atoms with Crippen LogP contribution in [0.5, 0.6) is 0 Å². The number of H-pyrrole nitrogens is 1. The molecule has 5 aromatic rings. The predicted molar refractivity (Wildman–Crippen MR) is 130 cm³/mol. The van der Waals surface area contributed by atoms with Gasteiger partial charge < -0.3 is 9.55 Å². The summed E-state index contributed by atoms with van der Waals surface area (Å²) in [6.45, 7) is 4.16. The highest BCUT2D eigenvalue weighted by Crippen LogP contribution is 2.27. The monoisotopic (exact) mass is 417 g/mol. The van der Waals surface area contributed by atoms with Crippen molar-refractivity contribution >= 4 is 28.5 Å². The lowest BCUT2D eigenvalue weighted by Crippen LogP contribution is -2.04. The van der Waals surface area contributed by atoms with Crippen molar-refractivity contribution in [1.82, 2.24) is 14.5 Å². The first kappa shape index (κ1) is 19.8. The van der Waals surface area contributed by atoms with Gasteiger partial charge in [0.05, 0.1) is 16.6 Å². The van der Waals surface area contributed by atoms with E-state index in [1.807, 2.05) is 78.9 Å². The number of ketones is 1. The third kappa shape index (κ3) is 3.56. The van der Waals surface area contributed by atoms with E-state index in [2.05, 4.69) is 41.6 Å². The van der Waals surface area contributed by atoms with E-state index < -0.39 is 0 Å². The molecule has 0 spiro atoms. The highest BCUT2D eigenvalue weighted by molar-refractivity contribution is 6.32. The van der Waals surface area contributed by atoms with Gasteiger partial charge in [-0.2, -0.15) is 0 Å². The van der Waals surface area contributed by atoms with Crippen molar-refractivity contribution in [3.8, 4) is 5.69 Å². The van der Waals surface area contributed by atoms with Crippen molar-refractivity contribution < 1.29 is 4.79 Å². The SMILES string of the molecule is Cc1cc(C=C(C(=O)c2ccccc2)c2nc3ccccc3[nH]2)c(C)n1-c1ccccc1. The van der Waals surface area contributed by atoms with Crippen LogP contribution in [0.1, 0.15) is 33.1 Å². The molecular weight excluding hydrogens is 394 g/mol. The number of para-hydroxylation sites is 3. The molecule has 0 radical (unpaired) electrons. The molecule has 2 heterocycles. The minimum absolute atomic E-state index is 0.0610. The zero-order chi connectivity index (χ0) is 22.1. The van der Waals surface area contributed by atoms with Gasteiger partial charge in [-0.05, 0) is 55.8 Å². The average Bonchev–Trinajstić information content (AvgIpc) is 3.38. The van der Waals surface area contributed by atoms with Gasteiger partial charge in [0.1, 0.15) is 5.82 Å². The van der Waals surface area contributed by atoms with E-state index in [0.29, 0.717) is 17.0 Å². The van der Waals surface area contributed by atoms with Gasteiger partial charge in [0.2, 0.25) is 0 Å². The van der Waals surface area contributed by atoms with E-state index in [4.69, 9.17) is 4.98 Å². The summed E-state index contributed by atoms with van der Waals surface area (Å²) in [5.41, 5.74) is 7.19. The molecule has 1 N–H and O–H groups in total. The predicted octanol–water partition coefficient (Wildman–Crippen LogP) is 6.39. The Morgan fingerprint density at radius 1 is 0.875 bits per heavy atom. The second-order valence-electron chi connectivity index (χ2n) is 7.85. The summed E-state index contributed by atoms with van der Waals surface area (Å²) in [6, 6.07) is 29.5. The van der Waals surface area contributed by atoms with Crippen molar-refractivity contribution in [3.05, 3.63) is 119 Å². The number of nitrogens with one attached hydrogen (secondary N) is 1. The molecule has 0 saturated heterocycles. The Bertz CT molecular complexity index is 1410. The molecule has 5 rings (SSSR count). The lowest BCUT2D eigenvalue weighted by Gasteiger charge is -2.09. The van der Waals surface area contributed by atoms with Gasteiger partial charge >= 0.3 is 0 Å². The summed E-state index contributed by atoms with van der Waals surface area (Å²) in [7, 11) is 0. The Kier molecular flexibility index (Phi) is 5.04. The number of nitrogens with zero attached hydrogens (tertiary/aromatic N) is 2. The Balaban J connectivity index is 1.68. The van der Waals surface area contributed by atoms with Crippen molar-refractivity contribution in [1.29, 1.82) is 0 Å². The largest absolute Gasteiger partial charge is 0.338 e. The number of aryl methyl sites for hydroxylation is 1. The molecule has 3 aromatic carbocycles. The Hall–Kier alpha value is -4.18. The maximum atomic E-state index is 13.6. The minimum Gasteiger partial charge on any atom is -0.338 e. The van der Waals surface area contributed by atoms with Gasteiger partial charge in [-0.25, -0.2) is 4.98 Å². The number of hydrogen-bond acceptors (Lipinski definition) is 2. The number of carbonyl (C=O) groups excluding carboxylic acids is 1. The van der Waals surface area contributed by atoms with E-state index in [0.717, 1.165) is 33.7 Å². The fraction of sp³-hybridized carbons (Fsp3) is 0.0714. The molecule has 0 amide bonds. The summed E-state index contributed by atoms with van der Waals surface area (Å²) in [5, 5.41) is 0. The first-order chi connectivity index (χ1) is 15.6. The molecular formula is C28H23N3O. The molecule has 32 heavy (non-hydrogen) atoms. The third-order valence-electron chi connectivity index (χ3n) is 5.71. The lowest BCUT2D eigenvalue weighted by atomic mass is 10.0. The van der Waals surface area contributed by atoms with Crippen LogP contribution in [-0.2, 0) is 0 Å². The molecule has 0 aliphatic heterocycles. The van der Waals surface area contributed by atoms with Crippen LogP contribution in [0.15, 0.2) is 91.0 Å². The first-order valence-electron chi connectivity index (χ1n) is 10.6. The van der Waals surface area contributed by atoms with E-state index >= 15 is 0 Å². The summed E-state index contributed by atoms with van der Waals surface area (Å²) in [4.78, 5) is 21.6. The summed E-state index contributed by atoms with van der Waals surface area (Å²) in [6.07, 6.45) is 1.95. The fourth-order valence-electron chi connectivity index (χ4n) is 4.13. The molecule has 0 saturated carbocycles. The van der Waals surface area contributed by atoms with Crippen molar-refractivity contribution in [3.63, 3.8) is 0 Å². The number of carbonyl (C=O) groups is 1. The standard InChI is InChI=1S/C28H23N3O/c1-19-17-22(20(2)31(19)23-13-7-4-8-14-23)18-24(27(32)21-11-5-3-6-12-21)28-29-25-15-9-10-16-26(25)30-28/h3-18H,1-2H3,(H,29,30). The number of aromatic amines is 1. The van der Waals surface area contributed by atoms with E-state index in [1.165, 1.54) is 0 Å². The number of fused-ring (bicyclic) bond motifs is 1. The van der Waals surface area contributed by atoms with Crippen LogP contribution in [0.25, 0.3) is 28.4 Å². The normalized spacial score (nSPS) is 11.8. The second kappa shape index (κ2) is 8.16. The van der Waals surface area contributed by atoms with Crippen LogP contribution in [0.2, 0.25) is 0 Å². The fourth-order valence-corrected chi connectivity index (χ4v) is 4.13. The summed E-state index contributed by atoms with van der Waals surface area (Å²) < 4.78 is 2.20. The zero-order valence-corrected chi connectivity index (χ0v) is 18.0. The van der Waals surface area contributed by atoms with Gasteiger partial charge in [0.25, 0.3) is 0 Å². The molecule has 4 nitrogen and oxygen atoms in total. The van der Waals surface area contributed by atoms with Crippen LogP contribution in [0, 0.1) is 13.8 Å². The lowest BCUT2D eigenvalue weighted by molar-refractivity contribution is 0.105. The van der Waals surface area contributed by atoms with Crippen LogP contribution in [0.4, 0.5) is 0 Å². The highest BCUT2D eigenvalue weighted by atomic mass is 16.1. The van der Waals surface area contributed by atoms with Crippen molar-refractivity contribution in [2.24, 2.45) is 0 Å². The molecule has 0 aliphatic carbocycles. The van der Waals surface area contributed by atoms with Crippen LogP contribution in [0.3, 0.4) is 0 Å². The van der Waals surface area contributed by atoms with Gasteiger partial charge in [-0.1, -0.05) is 60.7 Å². The Morgan fingerprint density at radius 2 is 1.53 bits per heavy atom. The molecule has 0 fully saturated rings. The quantitative estimate of drug-likeness (QED) is 0.266. The second-order valence-corrected chi connectivity index (χ2v) is 7.85. The van der Waals surface area contributed by atoms with Gasteiger partial charge in [-0.3, -0.25) is 4.79 Å². The van der Waals surface area contributed by atoms with Crippen LogP contribution in [-0.4, -0.2) is 20.3 Å². The molecule has 0 aliphatic rings. The molecule has 2 aromatic heterocycles. The topological polar surface area (TPSA) is 50.7 Å². The number of benzene rings is 3. The van der Waals surface area contributed by atoms with Gasteiger partial charge in [0, 0.05) is 22.6 Å². The van der Waals surface area contributed by atoms with E-state index in [9.17, 15) is 4.79 Å². The smallest absolute Gasteiger partial charge is 0.196 e. The van der Waals surface area contributed by atoms with E-state index in [-0.39, 0.29) is 5.78 Å². The Morgan fingerprint density at radius 3 is 2.25 bits per heavy atom. The average molecular weight is 418 g/mol. The van der Waals surface area contributed by atoms with Crippen LogP contribution >= 0.6 is 0 Å². The maximum Gasteiger partial charge on any atom is 0.196 e. The maximum absolute atomic E-state index is 13.6. The van der Waals surface area contributed by atoms with Crippen LogP contribution < -0.4 is 0 Å². The molecule has 0 bridgehead atoms. The number of Topliss-reactive ketones (excluding diaryl/α,β-unsaturated/α-hetero) is 1. The molecule has 0 atom stereocenters. The number of rotatable bonds is 5. The number of hydrogen-bond donors (Lipinski definition) is 1. The summed E-state index contributed by atoms with van der Waals surface area (Å²) in [5.74, 6) is 0.513. The van der Waals surface area contributed by atoms with Crippen molar-refractivity contribution in [2.75, 3.05) is 0 Å². The highest BCUT2D eigenvalue weighted by Gasteiger charge is 2.19.